The van der Waals surface area contributed by atoms with Crippen LogP contribution in [0, 0.1) is 0 Å². The Morgan fingerprint density at radius 2 is 1.48 bits per heavy atom. The average Bonchev–Trinajstić information content (AvgIpc) is 2.86. The van der Waals surface area contributed by atoms with Crippen molar-refractivity contribution in [1.82, 2.24) is 9.79 Å². The Hall–Kier alpha value is -3.04. The Balaban J connectivity index is 1.76. The molecule has 0 saturated heterocycles. The van der Waals surface area contributed by atoms with Crippen LogP contribution in [-0.4, -0.2) is 37.3 Å². The van der Waals surface area contributed by atoms with Gasteiger partial charge in [-0.05, 0) is 50.2 Å². The number of benzene rings is 2. The third-order valence-corrected chi connectivity index (χ3v) is 5.40. The molecule has 2 aromatic rings. The lowest BCUT2D eigenvalue weighted by Crippen LogP contribution is -2.32. The number of hydrogen-bond acceptors (Lipinski definition) is 6. The van der Waals surface area contributed by atoms with E-state index in [1.807, 2.05) is 0 Å². The number of nitrogens with one attached hydrogen (secondary N) is 1. The average molecular weight is 388 g/mol. The molecule has 1 aliphatic rings. The van der Waals surface area contributed by atoms with Crippen LogP contribution in [0.25, 0.3) is 0 Å². The number of amides is 2. The van der Waals surface area contributed by atoms with E-state index in [1.54, 1.807) is 26.0 Å². The predicted molar refractivity (Wildman–Crippen MR) is 94.3 cm³/mol. The summed E-state index contributed by atoms with van der Waals surface area (Å²) in [5, 5.41) is 0.401. The molecule has 1 aliphatic heterocycles. The third-order valence-electron chi connectivity index (χ3n) is 3.72. The zero-order valence-electron chi connectivity index (χ0n) is 14.5. The van der Waals surface area contributed by atoms with Crippen LogP contribution in [0.3, 0.4) is 0 Å². The summed E-state index contributed by atoms with van der Waals surface area (Å²) >= 11 is 0. The molecule has 8 nitrogen and oxygen atoms in total. The molecule has 0 saturated carbocycles. The first-order valence-corrected chi connectivity index (χ1v) is 9.51. The fourth-order valence-corrected chi connectivity index (χ4v) is 3.79. The highest BCUT2D eigenvalue weighted by atomic mass is 32.2. The second-order valence-electron chi connectivity index (χ2n) is 6.13. The Bertz CT molecular complexity index is 993. The molecule has 0 spiro atoms. The minimum Gasteiger partial charge on any atom is -0.324 e. The molecular formula is C18H16N2O6S. The van der Waals surface area contributed by atoms with Crippen molar-refractivity contribution in [2.75, 3.05) is 0 Å². The van der Waals surface area contributed by atoms with Gasteiger partial charge in [0.2, 0.25) is 10.0 Å². The smallest absolute Gasteiger partial charge is 0.324 e. The van der Waals surface area contributed by atoms with E-state index >= 15 is 0 Å². The maximum atomic E-state index is 12.2. The van der Waals surface area contributed by atoms with E-state index in [9.17, 15) is 22.8 Å². The number of hydrogen-bond donors (Lipinski definition) is 1. The summed E-state index contributed by atoms with van der Waals surface area (Å²) < 4.78 is 26.6. The standard InChI is InChI=1S/C18H16N2O6S/c1-11(2)19-27(24,25)13-9-7-12(8-10-13)18(23)26-20-16(21)14-5-3-4-6-15(14)17(20)22/h3-11,19H,1-2H3. The molecule has 140 valence electrons. The molecule has 1 heterocycles. The first-order chi connectivity index (χ1) is 12.7. The molecule has 0 aromatic heterocycles. The summed E-state index contributed by atoms with van der Waals surface area (Å²) in [4.78, 5) is 41.6. The van der Waals surface area contributed by atoms with Crippen LogP contribution in [0.5, 0.6) is 0 Å². The van der Waals surface area contributed by atoms with Crippen molar-refractivity contribution in [3.63, 3.8) is 0 Å². The van der Waals surface area contributed by atoms with Gasteiger partial charge < -0.3 is 4.84 Å². The molecule has 9 heteroatoms. The van der Waals surface area contributed by atoms with Crippen molar-refractivity contribution in [1.29, 1.82) is 0 Å². The second kappa shape index (κ2) is 6.93. The van der Waals surface area contributed by atoms with E-state index in [0.717, 1.165) is 0 Å². The van der Waals surface area contributed by atoms with Gasteiger partial charge in [0.05, 0.1) is 21.6 Å². The van der Waals surface area contributed by atoms with Gasteiger partial charge in [-0.3, -0.25) is 9.59 Å². The number of carbonyl (C=O) groups is 3. The van der Waals surface area contributed by atoms with Gasteiger partial charge in [-0.2, -0.15) is 0 Å². The highest BCUT2D eigenvalue weighted by Crippen LogP contribution is 2.23. The van der Waals surface area contributed by atoms with Crippen LogP contribution in [0.4, 0.5) is 0 Å². The number of sulfonamides is 1. The summed E-state index contributed by atoms with van der Waals surface area (Å²) in [6.45, 7) is 3.37. The van der Waals surface area contributed by atoms with Crippen molar-refractivity contribution in [3.05, 3.63) is 65.2 Å². The van der Waals surface area contributed by atoms with Crippen molar-refractivity contribution in [2.45, 2.75) is 24.8 Å². The molecule has 0 unspecified atom stereocenters. The summed E-state index contributed by atoms with van der Waals surface area (Å²) in [7, 11) is -3.70. The lowest BCUT2D eigenvalue weighted by atomic mass is 10.1. The first-order valence-electron chi connectivity index (χ1n) is 8.03. The number of fused-ring (bicyclic) bond motifs is 1. The molecular weight excluding hydrogens is 372 g/mol. The Labute approximate surface area is 155 Å². The highest BCUT2D eigenvalue weighted by Gasteiger charge is 2.38. The first kappa shape index (κ1) is 18.7. The topological polar surface area (TPSA) is 110 Å². The number of rotatable bonds is 5. The SMILES string of the molecule is CC(C)NS(=O)(=O)c1ccc(C(=O)ON2C(=O)c3ccccc3C2=O)cc1. The largest absolute Gasteiger partial charge is 0.363 e. The van der Waals surface area contributed by atoms with E-state index in [2.05, 4.69) is 4.72 Å². The van der Waals surface area contributed by atoms with E-state index in [0.29, 0.717) is 5.06 Å². The van der Waals surface area contributed by atoms with E-state index in [4.69, 9.17) is 4.84 Å². The zero-order chi connectivity index (χ0) is 19.8. The fourth-order valence-electron chi connectivity index (χ4n) is 2.53. The molecule has 2 amide bonds. The van der Waals surface area contributed by atoms with Crippen molar-refractivity contribution >= 4 is 27.8 Å². The molecule has 0 bridgehead atoms. The molecule has 0 aliphatic carbocycles. The lowest BCUT2D eigenvalue weighted by molar-refractivity contribution is -0.0584. The predicted octanol–water partition coefficient (Wildman–Crippen LogP) is 1.74. The molecule has 27 heavy (non-hydrogen) atoms. The van der Waals surface area contributed by atoms with E-state index < -0.39 is 27.8 Å². The minimum atomic E-state index is -3.70. The second-order valence-corrected chi connectivity index (χ2v) is 7.84. The molecule has 0 fully saturated rings. The maximum absolute atomic E-state index is 12.2. The van der Waals surface area contributed by atoms with Crippen LogP contribution in [0.15, 0.2) is 53.4 Å². The number of nitrogens with zero attached hydrogens (tertiary/aromatic N) is 1. The van der Waals surface area contributed by atoms with Gasteiger partial charge >= 0.3 is 5.97 Å². The van der Waals surface area contributed by atoms with Crippen molar-refractivity contribution in [3.8, 4) is 0 Å². The number of hydroxylamine groups is 2. The fraction of sp³-hybridized carbons (Fsp3) is 0.167. The van der Waals surface area contributed by atoms with Gasteiger partial charge in [0.25, 0.3) is 11.8 Å². The van der Waals surface area contributed by atoms with Crippen LogP contribution in [0.2, 0.25) is 0 Å². The van der Waals surface area contributed by atoms with Crippen LogP contribution in [-0.2, 0) is 14.9 Å². The number of carbonyl (C=O) groups excluding carboxylic acids is 3. The van der Waals surface area contributed by atoms with Gasteiger partial charge in [-0.1, -0.05) is 17.2 Å². The molecule has 2 aromatic carbocycles. The highest BCUT2D eigenvalue weighted by molar-refractivity contribution is 7.89. The summed E-state index contributed by atoms with van der Waals surface area (Å²) in [6.07, 6.45) is 0. The van der Waals surface area contributed by atoms with Gasteiger partial charge in [-0.15, -0.1) is 0 Å². The van der Waals surface area contributed by atoms with E-state index in [-0.39, 0.29) is 27.6 Å². The maximum Gasteiger partial charge on any atom is 0.363 e. The molecule has 0 radical (unpaired) electrons. The lowest BCUT2D eigenvalue weighted by Gasteiger charge is -2.13. The number of imide groups is 1. The van der Waals surface area contributed by atoms with Crippen LogP contribution >= 0.6 is 0 Å². The molecule has 1 N–H and O–H groups in total. The van der Waals surface area contributed by atoms with E-state index in [1.165, 1.54) is 36.4 Å². The quantitative estimate of drug-likeness (QED) is 0.782. The summed E-state index contributed by atoms with van der Waals surface area (Å²) in [5.41, 5.74) is 0.294. The van der Waals surface area contributed by atoms with Gasteiger partial charge in [-0.25, -0.2) is 17.9 Å². The molecule has 3 rings (SSSR count). The van der Waals surface area contributed by atoms with Gasteiger partial charge in [0.1, 0.15) is 0 Å². The summed E-state index contributed by atoms with van der Waals surface area (Å²) in [6, 6.07) is 10.8. The van der Waals surface area contributed by atoms with Gasteiger partial charge in [0, 0.05) is 6.04 Å². The third kappa shape index (κ3) is 3.60. The monoisotopic (exact) mass is 388 g/mol. The summed E-state index contributed by atoms with van der Waals surface area (Å²) in [5.74, 6) is -2.42. The minimum absolute atomic E-state index is 0.00458. The Morgan fingerprint density at radius 1 is 0.963 bits per heavy atom. The zero-order valence-corrected chi connectivity index (χ0v) is 15.3. The van der Waals surface area contributed by atoms with Crippen molar-refractivity contribution < 1.29 is 27.6 Å². The van der Waals surface area contributed by atoms with Crippen LogP contribution in [0.1, 0.15) is 44.9 Å². The normalized spacial score (nSPS) is 13.8. The Kier molecular flexibility index (Phi) is 4.81. The van der Waals surface area contributed by atoms with Crippen LogP contribution < -0.4 is 4.72 Å². The van der Waals surface area contributed by atoms with Gasteiger partial charge in [0.15, 0.2) is 0 Å². The molecule has 0 atom stereocenters. The Morgan fingerprint density at radius 3 is 1.96 bits per heavy atom. The van der Waals surface area contributed by atoms with Crippen molar-refractivity contribution in [2.24, 2.45) is 0 Å².